The van der Waals surface area contributed by atoms with Crippen LogP contribution in [-0.2, 0) is 13.0 Å². The predicted octanol–water partition coefficient (Wildman–Crippen LogP) is 6.06. The first kappa shape index (κ1) is 22.7. The minimum atomic E-state index is -0.809. The molecule has 0 spiro atoms. The third kappa shape index (κ3) is 4.51. The van der Waals surface area contributed by atoms with Crippen LogP contribution >= 0.6 is 11.6 Å². The van der Waals surface area contributed by atoms with E-state index in [9.17, 15) is 14.0 Å². The lowest BCUT2D eigenvalue weighted by Gasteiger charge is -2.19. The zero-order chi connectivity index (χ0) is 24.4. The normalized spacial score (nSPS) is 11.0. The van der Waals surface area contributed by atoms with E-state index in [1.807, 2.05) is 66.7 Å². The van der Waals surface area contributed by atoms with Crippen LogP contribution in [-0.4, -0.2) is 15.3 Å². The van der Waals surface area contributed by atoms with Gasteiger partial charge in [-0.15, -0.1) is 0 Å². The van der Waals surface area contributed by atoms with Crippen molar-refractivity contribution in [2.24, 2.45) is 0 Å². The van der Waals surface area contributed by atoms with E-state index in [1.54, 1.807) is 28.8 Å². The van der Waals surface area contributed by atoms with E-state index in [0.717, 1.165) is 17.2 Å². The van der Waals surface area contributed by atoms with Gasteiger partial charge < -0.3 is 4.57 Å². The molecule has 0 saturated heterocycles. The number of hydrogen-bond donors (Lipinski definition) is 0. The summed E-state index contributed by atoms with van der Waals surface area (Å²) >= 11 is 6.04. The summed E-state index contributed by atoms with van der Waals surface area (Å²) in [5.41, 5.74) is 2.66. The van der Waals surface area contributed by atoms with Gasteiger partial charge in [-0.2, -0.15) is 0 Å². The fraction of sp³-hybridized carbons (Fsp3) is 0.0690. The van der Waals surface area contributed by atoms with Crippen LogP contribution in [0.5, 0.6) is 0 Å². The third-order valence-corrected chi connectivity index (χ3v) is 6.19. The Balaban J connectivity index is 1.86. The average Bonchev–Trinajstić information content (AvgIpc) is 2.89. The highest BCUT2D eigenvalue weighted by Crippen LogP contribution is 2.27. The molecule has 172 valence electrons. The topological polar surface area (TPSA) is 52.0 Å². The van der Waals surface area contributed by atoms with Crippen molar-refractivity contribution in [2.45, 2.75) is 13.0 Å². The van der Waals surface area contributed by atoms with Crippen LogP contribution in [0.3, 0.4) is 0 Å². The van der Waals surface area contributed by atoms with Gasteiger partial charge in [-0.25, -0.2) is 9.37 Å². The fourth-order valence-electron chi connectivity index (χ4n) is 4.24. The van der Waals surface area contributed by atoms with Gasteiger partial charge in [0.05, 0.1) is 23.0 Å². The lowest BCUT2D eigenvalue weighted by molar-refractivity contribution is 0.103. The molecule has 3 aromatic carbocycles. The summed E-state index contributed by atoms with van der Waals surface area (Å²) in [6.07, 6.45) is 0.309. The molecule has 6 heteroatoms. The average molecular weight is 483 g/mol. The highest BCUT2D eigenvalue weighted by molar-refractivity contribution is 6.30. The second kappa shape index (κ2) is 9.65. The second-order valence-corrected chi connectivity index (χ2v) is 8.57. The van der Waals surface area contributed by atoms with Gasteiger partial charge in [0.15, 0.2) is 16.8 Å². The number of aromatic nitrogens is 2. The van der Waals surface area contributed by atoms with Gasteiger partial charge in [0.25, 0.3) is 5.56 Å². The summed E-state index contributed by atoms with van der Waals surface area (Å²) in [5, 5.41) is -0.371. The van der Waals surface area contributed by atoms with Crippen molar-refractivity contribution < 1.29 is 9.18 Å². The van der Waals surface area contributed by atoms with Crippen LogP contribution in [0.15, 0.2) is 102 Å². The van der Waals surface area contributed by atoms with Gasteiger partial charge >= 0.3 is 0 Å². The van der Waals surface area contributed by atoms with Crippen LogP contribution in [0.1, 0.15) is 32.7 Å². The number of rotatable bonds is 6. The van der Waals surface area contributed by atoms with Crippen LogP contribution in [0.2, 0.25) is 5.15 Å². The van der Waals surface area contributed by atoms with Crippen molar-refractivity contribution >= 4 is 28.3 Å². The van der Waals surface area contributed by atoms with E-state index in [-0.39, 0.29) is 33.9 Å². The van der Waals surface area contributed by atoms with Crippen molar-refractivity contribution in [1.29, 1.82) is 0 Å². The Bertz CT molecular complexity index is 1580. The van der Waals surface area contributed by atoms with Gasteiger partial charge in [-0.1, -0.05) is 103 Å². The Morgan fingerprint density at radius 3 is 2.06 bits per heavy atom. The maximum Gasteiger partial charge on any atom is 0.260 e. The number of pyridine rings is 2. The zero-order valence-corrected chi connectivity index (χ0v) is 19.4. The molecule has 0 radical (unpaired) electrons. The van der Waals surface area contributed by atoms with Crippen molar-refractivity contribution in [3.63, 3.8) is 0 Å². The maximum absolute atomic E-state index is 14.5. The number of nitrogens with zero attached hydrogens (tertiary/aromatic N) is 2. The quantitative estimate of drug-likeness (QED) is 0.218. The highest BCUT2D eigenvalue weighted by Gasteiger charge is 2.25. The highest BCUT2D eigenvalue weighted by atomic mass is 35.5. The van der Waals surface area contributed by atoms with Crippen LogP contribution < -0.4 is 5.56 Å². The van der Waals surface area contributed by atoms with Gasteiger partial charge in [-0.3, -0.25) is 9.59 Å². The molecule has 2 heterocycles. The molecule has 0 aliphatic heterocycles. The summed E-state index contributed by atoms with van der Waals surface area (Å²) in [5.74, 6) is -1.12. The Hall–Kier alpha value is -4.09. The van der Waals surface area contributed by atoms with Crippen LogP contribution in [0.25, 0.3) is 10.9 Å². The molecule has 0 amide bonds. The fourth-order valence-corrected chi connectivity index (χ4v) is 4.38. The number of carbonyl (C=O) groups is 1. The Morgan fingerprint density at radius 2 is 1.43 bits per heavy atom. The molecule has 4 nitrogen and oxygen atoms in total. The predicted molar refractivity (Wildman–Crippen MR) is 136 cm³/mol. The lowest BCUT2D eigenvalue weighted by Crippen LogP contribution is -2.28. The summed E-state index contributed by atoms with van der Waals surface area (Å²) in [6.45, 7) is 0.219. The first-order valence-corrected chi connectivity index (χ1v) is 11.5. The van der Waals surface area contributed by atoms with Gasteiger partial charge in [0.1, 0.15) is 0 Å². The van der Waals surface area contributed by atoms with Crippen molar-refractivity contribution in [3.8, 4) is 0 Å². The molecule has 35 heavy (non-hydrogen) atoms. The van der Waals surface area contributed by atoms with E-state index < -0.39 is 11.4 Å². The number of carbonyl (C=O) groups excluding carboxylic acids is 1. The lowest BCUT2D eigenvalue weighted by atomic mass is 9.95. The molecular weight excluding hydrogens is 463 g/mol. The zero-order valence-electron chi connectivity index (χ0n) is 18.6. The van der Waals surface area contributed by atoms with Gasteiger partial charge in [0.2, 0.25) is 0 Å². The molecule has 0 saturated carbocycles. The third-order valence-electron chi connectivity index (χ3n) is 5.92. The molecule has 5 rings (SSSR count). The van der Waals surface area contributed by atoms with Crippen molar-refractivity contribution in [3.05, 3.63) is 146 Å². The van der Waals surface area contributed by atoms with Gasteiger partial charge in [-0.05, 0) is 17.2 Å². The van der Waals surface area contributed by atoms with E-state index in [0.29, 0.717) is 17.7 Å². The first-order chi connectivity index (χ1) is 17.0. The number of halogens is 2. The van der Waals surface area contributed by atoms with E-state index in [1.165, 1.54) is 0 Å². The smallest absolute Gasteiger partial charge is 0.260 e. The Labute approximate surface area is 206 Å². The number of fused-ring (bicyclic) bond motifs is 1. The Kier molecular flexibility index (Phi) is 6.25. The molecular formula is C29H20ClFN2O2. The molecule has 5 aromatic rings. The minimum Gasteiger partial charge on any atom is -0.306 e. The molecule has 0 N–H and O–H groups in total. The molecule has 0 unspecified atom stereocenters. The summed E-state index contributed by atoms with van der Waals surface area (Å²) in [6, 6.07) is 28.9. The standard InChI is InChI=1S/C29H20ClFN2O2/c30-28-23(31)17-22-26(32-28)25(27(34)21-14-8-3-9-15-21)24(16-19-10-4-1-5-11-19)33(29(22)35)18-20-12-6-2-7-13-20/h1-15,17H,16,18H2. The van der Waals surface area contributed by atoms with E-state index in [2.05, 4.69) is 4.98 Å². The summed E-state index contributed by atoms with van der Waals surface area (Å²) in [4.78, 5) is 31.8. The molecule has 0 atom stereocenters. The van der Waals surface area contributed by atoms with Crippen molar-refractivity contribution in [1.82, 2.24) is 9.55 Å². The number of benzene rings is 3. The minimum absolute atomic E-state index is 0.0129. The molecule has 0 aliphatic carbocycles. The molecule has 0 fully saturated rings. The van der Waals surface area contributed by atoms with Crippen molar-refractivity contribution in [2.75, 3.05) is 0 Å². The largest absolute Gasteiger partial charge is 0.306 e. The molecule has 0 aliphatic rings. The van der Waals surface area contributed by atoms with E-state index in [4.69, 9.17) is 11.6 Å². The first-order valence-electron chi connectivity index (χ1n) is 11.1. The SMILES string of the molecule is O=C(c1ccccc1)c1c(Cc2ccccc2)n(Cc2ccccc2)c(=O)c2cc(F)c(Cl)nc12. The van der Waals surface area contributed by atoms with Crippen LogP contribution in [0.4, 0.5) is 4.39 Å². The number of hydrogen-bond acceptors (Lipinski definition) is 3. The Morgan fingerprint density at radius 1 is 0.857 bits per heavy atom. The van der Waals surface area contributed by atoms with E-state index >= 15 is 0 Å². The summed E-state index contributed by atoms with van der Waals surface area (Å²) in [7, 11) is 0. The van der Waals surface area contributed by atoms with Crippen LogP contribution in [0, 0.1) is 5.82 Å². The maximum atomic E-state index is 14.5. The summed E-state index contributed by atoms with van der Waals surface area (Å²) < 4.78 is 16.0. The molecule has 0 bridgehead atoms. The van der Waals surface area contributed by atoms with Gasteiger partial charge in [0, 0.05) is 17.7 Å². The molecule has 2 aromatic heterocycles. The monoisotopic (exact) mass is 482 g/mol. The number of ketones is 1. The second-order valence-electron chi connectivity index (χ2n) is 8.21.